The molecule has 9 heteroatoms. The lowest BCUT2D eigenvalue weighted by atomic mass is 10.3. The molecule has 0 unspecified atom stereocenters. The lowest BCUT2D eigenvalue weighted by Gasteiger charge is -2.05. The molecule has 0 radical (unpaired) electrons. The maximum Gasteiger partial charge on any atom is 0.216 e. The zero-order valence-electron chi connectivity index (χ0n) is 14.1. The zero-order chi connectivity index (χ0) is 18.7. The van der Waals surface area contributed by atoms with Gasteiger partial charge in [-0.05, 0) is 49.5 Å². The van der Waals surface area contributed by atoms with Crippen molar-refractivity contribution in [3.8, 4) is 11.8 Å². The Morgan fingerprint density at radius 2 is 2.15 bits per heavy atom. The molecule has 7 nitrogen and oxygen atoms in total. The number of aromatic nitrogens is 4. The van der Waals surface area contributed by atoms with Gasteiger partial charge in [-0.15, -0.1) is 0 Å². The number of nitrogens with one attached hydrogen (secondary N) is 1. The smallest absolute Gasteiger partial charge is 0.216 e. The molecule has 1 aromatic carbocycles. The second kappa shape index (κ2) is 7.56. The van der Waals surface area contributed by atoms with Gasteiger partial charge in [-0.2, -0.15) is 20.1 Å². The molecule has 26 heavy (non-hydrogen) atoms. The van der Waals surface area contributed by atoms with Crippen LogP contribution in [0.3, 0.4) is 0 Å². The van der Waals surface area contributed by atoms with E-state index in [2.05, 4.69) is 21.4 Å². The van der Waals surface area contributed by atoms with Crippen LogP contribution in [-0.4, -0.2) is 25.7 Å². The molecular formula is C17H15ClN6OS. The Bertz CT molecular complexity index is 1050. The van der Waals surface area contributed by atoms with Gasteiger partial charge in [-0.3, -0.25) is 0 Å². The predicted octanol–water partition coefficient (Wildman–Crippen LogP) is 3.57. The molecule has 0 amide bonds. The van der Waals surface area contributed by atoms with E-state index >= 15 is 0 Å². The standard InChI is InChI=1S/C17H15ClN6OS/c1-11-12(7-14(8-19)23(11)2)9-20-24-16(21-22-17(24)26)10-25-15-5-3-13(18)4-6-15/h3-7,9H,10H2,1-2H3,(H,22,26)/b20-9-. The predicted molar refractivity (Wildman–Crippen MR) is 101 cm³/mol. The Morgan fingerprint density at radius 1 is 1.42 bits per heavy atom. The monoisotopic (exact) mass is 386 g/mol. The van der Waals surface area contributed by atoms with E-state index < -0.39 is 0 Å². The van der Waals surface area contributed by atoms with Crippen LogP contribution in [0.4, 0.5) is 0 Å². The molecule has 132 valence electrons. The summed E-state index contributed by atoms with van der Waals surface area (Å²) >= 11 is 11.1. The van der Waals surface area contributed by atoms with Crippen molar-refractivity contribution < 1.29 is 4.74 Å². The van der Waals surface area contributed by atoms with Crippen molar-refractivity contribution in [2.75, 3.05) is 0 Å². The van der Waals surface area contributed by atoms with Crippen LogP contribution in [0.5, 0.6) is 5.75 Å². The van der Waals surface area contributed by atoms with Crippen molar-refractivity contribution in [3.63, 3.8) is 0 Å². The highest BCUT2D eigenvalue weighted by Crippen LogP contribution is 2.17. The molecule has 0 fully saturated rings. The first kappa shape index (κ1) is 17.9. The maximum atomic E-state index is 9.11. The Morgan fingerprint density at radius 3 is 2.81 bits per heavy atom. The van der Waals surface area contributed by atoms with Crippen molar-refractivity contribution in [1.82, 2.24) is 19.4 Å². The highest BCUT2D eigenvalue weighted by molar-refractivity contribution is 7.71. The Labute approximate surface area is 160 Å². The largest absolute Gasteiger partial charge is 0.486 e. The Balaban J connectivity index is 1.81. The minimum atomic E-state index is 0.184. The second-order valence-corrected chi connectivity index (χ2v) is 6.31. The third-order valence-corrected chi connectivity index (χ3v) is 4.42. The van der Waals surface area contributed by atoms with Crippen molar-refractivity contribution in [1.29, 1.82) is 5.26 Å². The van der Waals surface area contributed by atoms with Crippen LogP contribution < -0.4 is 4.74 Å². The lowest BCUT2D eigenvalue weighted by Crippen LogP contribution is -2.04. The van der Waals surface area contributed by atoms with Gasteiger partial charge in [0.15, 0.2) is 5.82 Å². The van der Waals surface area contributed by atoms with Crippen molar-refractivity contribution in [2.45, 2.75) is 13.5 Å². The number of nitriles is 1. The van der Waals surface area contributed by atoms with Gasteiger partial charge in [0.1, 0.15) is 24.1 Å². The van der Waals surface area contributed by atoms with Crippen molar-refractivity contribution in [2.24, 2.45) is 12.1 Å². The van der Waals surface area contributed by atoms with Gasteiger partial charge in [0.25, 0.3) is 0 Å². The summed E-state index contributed by atoms with van der Waals surface area (Å²) in [6.07, 6.45) is 1.65. The minimum Gasteiger partial charge on any atom is -0.486 e. The zero-order valence-corrected chi connectivity index (χ0v) is 15.7. The molecular weight excluding hydrogens is 372 g/mol. The van der Waals surface area contributed by atoms with Crippen LogP contribution in [0.2, 0.25) is 5.02 Å². The fourth-order valence-corrected chi connectivity index (χ4v) is 2.62. The number of benzene rings is 1. The van der Waals surface area contributed by atoms with E-state index in [1.54, 1.807) is 41.1 Å². The van der Waals surface area contributed by atoms with Crippen LogP contribution in [0.15, 0.2) is 35.4 Å². The van der Waals surface area contributed by atoms with E-state index in [9.17, 15) is 0 Å². The number of hydrogen-bond acceptors (Lipinski definition) is 5. The summed E-state index contributed by atoms with van der Waals surface area (Å²) < 4.78 is 9.34. The number of H-pyrrole nitrogens is 1. The summed E-state index contributed by atoms with van der Waals surface area (Å²) in [5.74, 6) is 1.19. The molecule has 0 atom stereocenters. The summed E-state index contributed by atoms with van der Waals surface area (Å²) in [7, 11) is 1.83. The molecule has 0 saturated heterocycles. The van der Waals surface area contributed by atoms with Crippen LogP contribution >= 0.6 is 23.8 Å². The molecule has 3 rings (SSSR count). The number of hydrogen-bond donors (Lipinski definition) is 1. The molecule has 2 heterocycles. The topological polar surface area (TPSA) is 83.9 Å². The highest BCUT2D eigenvalue weighted by Gasteiger charge is 2.09. The Hall–Kier alpha value is -2.89. The fraction of sp³-hybridized carbons (Fsp3) is 0.176. The average molecular weight is 387 g/mol. The van der Waals surface area contributed by atoms with Gasteiger partial charge in [-0.1, -0.05) is 11.6 Å². The SMILES string of the molecule is Cc1c(/C=N\n2c(COc3ccc(Cl)cc3)n[nH]c2=S)cc(C#N)n1C. The van der Waals surface area contributed by atoms with E-state index in [0.717, 1.165) is 11.3 Å². The number of rotatable bonds is 5. The maximum absolute atomic E-state index is 9.11. The van der Waals surface area contributed by atoms with Gasteiger partial charge in [-0.25, -0.2) is 5.10 Å². The van der Waals surface area contributed by atoms with Gasteiger partial charge < -0.3 is 9.30 Å². The van der Waals surface area contributed by atoms with Crippen LogP contribution in [0.1, 0.15) is 22.8 Å². The molecule has 0 aliphatic heterocycles. The quantitative estimate of drug-likeness (QED) is 0.536. The van der Waals surface area contributed by atoms with E-state index in [1.165, 1.54) is 4.68 Å². The third kappa shape index (κ3) is 3.69. The van der Waals surface area contributed by atoms with Crippen molar-refractivity contribution in [3.05, 3.63) is 62.9 Å². The van der Waals surface area contributed by atoms with E-state index in [4.69, 9.17) is 33.8 Å². The summed E-state index contributed by atoms with van der Waals surface area (Å²) in [5.41, 5.74) is 2.32. The first-order chi connectivity index (χ1) is 12.5. The van der Waals surface area contributed by atoms with E-state index in [0.29, 0.717) is 27.1 Å². The van der Waals surface area contributed by atoms with Crippen LogP contribution in [-0.2, 0) is 13.7 Å². The Kier molecular flexibility index (Phi) is 5.21. The lowest BCUT2D eigenvalue weighted by molar-refractivity contribution is 0.290. The van der Waals surface area contributed by atoms with Gasteiger partial charge >= 0.3 is 0 Å². The molecule has 0 aliphatic carbocycles. The molecule has 0 saturated carbocycles. The summed E-state index contributed by atoms with van der Waals surface area (Å²) in [5, 5.41) is 21.0. The van der Waals surface area contributed by atoms with Gasteiger partial charge in [0.05, 0.1) is 6.21 Å². The third-order valence-electron chi connectivity index (χ3n) is 3.90. The number of nitrogens with zero attached hydrogens (tertiary/aromatic N) is 5. The first-order valence-corrected chi connectivity index (χ1v) is 8.43. The molecule has 0 bridgehead atoms. The number of ether oxygens (including phenoxy) is 1. The summed E-state index contributed by atoms with van der Waals surface area (Å²) in [6.45, 7) is 2.10. The van der Waals surface area contributed by atoms with Crippen LogP contribution in [0, 0.1) is 23.0 Å². The summed E-state index contributed by atoms with van der Waals surface area (Å²) in [6, 6.07) is 10.9. The first-order valence-electron chi connectivity index (χ1n) is 7.65. The highest BCUT2D eigenvalue weighted by atomic mass is 35.5. The van der Waals surface area contributed by atoms with Crippen LogP contribution in [0.25, 0.3) is 0 Å². The fourth-order valence-electron chi connectivity index (χ4n) is 2.30. The van der Waals surface area contributed by atoms with Crippen molar-refractivity contribution >= 4 is 30.0 Å². The number of aromatic amines is 1. The molecule has 3 aromatic rings. The number of halogens is 1. The normalized spacial score (nSPS) is 11.0. The molecule has 0 spiro atoms. The average Bonchev–Trinajstić information content (AvgIpc) is 3.13. The molecule has 1 N–H and O–H groups in total. The van der Waals surface area contributed by atoms with E-state index in [1.807, 2.05) is 14.0 Å². The second-order valence-electron chi connectivity index (χ2n) is 5.49. The summed E-state index contributed by atoms with van der Waals surface area (Å²) in [4.78, 5) is 0. The minimum absolute atomic E-state index is 0.184. The van der Waals surface area contributed by atoms with Gasteiger partial charge in [0.2, 0.25) is 4.77 Å². The van der Waals surface area contributed by atoms with Gasteiger partial charge in [0, 0.05) is 23.3 Å². The molecule has 0 aliphatic rings. The molecule has 2 aromatic heterocycles. The van der Waals surface area contributed by atoms with E-state index in [-0.39, 0.29) is 6.61 Å².